The van der Waals surface area contributed by atoms with Crippen LogP contribution in [0.15, 0.2) is 0 Å². The molecule has 7 nitrogen and oxygen atoms in total. The van der Waals surface area contributed by atoms with E-state index in [1.807, 2.05) is 13.8 Å². The predicted molar refractivity (Wildman–Crippen MR) is 80.0 cm³/mol. The molecule has 0 saturated carbocycles. The molecule has 0 aromatic heterocycles. The zero-order valence-electron chi connectivity index (χ0n) is 13.4. The molecule has 0 spiro atoms. The molecule has 0 rings (SSSR count). The first kappa shape index (κ1) is 19.2. The average Bonchev–Trinajstić information content (AvgIpc) is 2.45. The van der Waals surface area contributed by atoms with Crippen molar-refractivity contribution in [1.82, 2.24) is 15.1 Å². The highest BCUT2D eigenvalue weighted by Gasteiger charge is 2.19. The number of hydrogen-bond donors (Lipinski definition) is 2. The fourth-order valence-corrected chi connectivity index (χ4v) is 1.89. The Morgan fingerprint density at radius 1 is 1.05 bits per heavy atom. The summed E-state index contributed by atoms with van der Waals surface area (Å²) >= 11 is 0. The molecule has 0 fully saturated rings. The molecule has 0 radical (unpaired) electrons. The maximum Gasteiger partial charge on any atom is 0.317 e. The normalized spacial score (nSPS) is 11.6. The van der Waals surface area contributed by atoms with Crippen molar-refractivity contribution in [2.45, 2.75) is 34.1 Å². The van der Waals surface area contributed by atoms with Crippen molar-refractivity contribution in [2.75, 3.05) is 32.7 Å². The Kier molecular flexibility index (Phi) is 9.16. The molecule has 1 unspecified atom stereocenters. The van der Waals surface area contributed by atoms with E-state index >= 15 is 0 Å². The molecule has 0 saturated heterocycles. The summed E-state index contributed by atoms with van der Waals surface area (Å²) < 4.78 is 0. The van der Waals surface area contributed by atoms with Crippen LogP contribution < -0.4 is 5.32 Å². The van der Waals surface area contributed by atoms with Crippen LogP contribution in [0.3, 0.4) is 0 Å². The summed E-state index contributed by atoms with van der Waals surface area (Å²) in [7, 11) is 0. The van der Waals surface area contributed by atoms with Gasteiger partial charge < -0.3 is 20.2 Å². The number of hydrogen-bond acceptors (Lipinski definition) is 3. The third-order valence-corrected chi connectivity index (χ3v) is 3.32. The molecule has 0 bridgehead atoms. The Morgan fingerprint density at radius 2 is 1.57 bits per heavy atom. The van der Waals surface area contributed by atoms with Gasteiger partial charge >= 0.3 is 12.0 Å². The summed E-state index contributed by atoms with van der Waals surface area (Å²) in [6, 6.07) is -0.335. The minimum atomic E-state index is -0.932. The maximum absolute atomic E-state index is 11.9. The second-order valence-corrected chi connectivity index (χ2v) is 4.83. The van der Waals surface area contributed by atoms with Gasteiger partial charge in [0.05, 0.1) is 5.92 Å². The van der Waals surface area contributed by atoms with Crippen LogP contribution in [0.1, 0.15) is 34.1 Å². The van der Waals surface area contributed by atoms with E-state index in [1.54, 1.807) is 18.7 Å². The zero-order chi connectivity index (χ0) is 16.4. The Hall–Kier alpha value is -1.79. The van der Waals surface area contributed by atoms with Gasteiger partial charge in [-0.3, -0.25) is 9.59 Å². The molecular weight excluding hydrogens is 274 g/mol. The highest BCUT2D eigenvalue weighted by atomic mass is 16.4. The van der Waals surface area contributed by atoms with Crippen LogP contribution in [-0.2, 0) is 9.59 Å². The lowest BCUT2D eigenvalue weighted by atomic mass is 10.2. The van der Waals surface area contributed by atoms with Crippen molar-refractivity contribution in [2.24, 2.45) is 5.92 Å². The highest BCUT2D eigenvalue weighted by molar-refractivity contribution is 5.78. The minimum absolute atomic E-state index is 0.00209. The predicted octanol–water partition coefficient (Wildman–Crippen LogP) is 0.997. The van der Waals surface area contributed by atoms with Crippen LogP contribution in [-0.4, -0.2) is 65.5 Å². The van der Waals surface area contributed by atoms with Crippen molar-refractivity contribution >= 4 is 17.9 Å². The third kappa shape index (κ3) is 6.97. The van der Waals surface area contributed by atoms with Gasteiger partial charge in [0.25, 0.3) is 0 Å². The second-order valence-electron chi connectivity index (χ2n) is 4.83. The molecule has 7 heteroatoms. The molecule has 122 valence electrons. The summed E-state index contributed by atoms with van der Waals surface area (Å²) in [6.45, 7) is 9.30. The van der Waals surface area contributed by atoms with Crippen molar-refractivity contribution < 1.29 is 19.5 Å². The van der Waals surface area contributed by atoms with Crippen LogP contribution in [0, 0.1) is 5.92 Å². The molecule has 1 atom stereocenters. The van der Waals surface area contributed by atoms with Crippen molar-refractivity contribution in [3.8, 4) is 0 Å². The third-order valence-electron chi connectivity index (χ3n) is 3.32. The van der Waals surface area contributed by atoms with Crippen LogP contribution in [0.4, 0.5) is 4.79 Å². The number of nitrogens with one attached hydrogen (secondary N) is 1. The van der Waals surface area contributed by atoms with E-state index in [-0.39, 0.29) is 31.4 Å². The Morgan fingerprint density at radius 3 is 2.00 bits per heavy atom. The van der Waals surface area contributed by atoms with Crippen LogP contribution in [0.25, 0.3) is 0 Å². The SMILES string of the molecule is CCN(CC)C(=O)CCNC(=O)N(CC)CC(C)C(=O)O. The Bertz CT molecular complexity index is 356. The number of nitrogens with zero attached hydrogens (tertiary/aromatic N) is 2. The maximum atomic E-state index is 11.9. The van der Waals surface area contributed by atoms with E-state index in [4.69, 9.17) is 5.11 Å². The molecule has 0 aromatic rings. The van der Waals surface area contributed by atoms with Gasteiger partial charge in [0, 0.05) is 39.1 Å². The topological polar surface area (TPSA) is 90.0 Å². The van der Waals surface area contributed by atoms with E-state index in [0.717, 1.165) is 0 Å². The molecule has 21 heavy (non-hydrogen) atoms. The Balaban J connectivity index is 4.22. The van der Waals surface area contributed by atoms with Crippen LogP contribution >= 0.6 is 0 Å². The zero-order valence-corrected chi connectivity index (χ0v) is 13.4. The largest absolute Gasteiger partial charge is 0.481 e. The first-order valence-electron chi connectivity index (χ1n) is 7.40. The summed E-state index contributed by atoms with van der Waals surface area (Å²) in [6.07, 6.45) is 0.249. The van der Waals surface area contributed by atoms with Crippen molar-refractivity contribution in [3.05, 3.63) is 0 Å². The summed E-state index contributed by atoms with van der Waals surface area (Å²) in [5.74, 6) is -1.55. The van der Waals surface area contributed by atoms with Crippen LogP contribution in [0.5, 0.6) is 0 Å². The highest BCUT2D eigenvalue weighted by Crippen LogP contribution is 2.01. The lowest BCUT2D eigenvalue weighted by Crippen LogP contribution is -2.44. The first-order chi connectivity index (χ1) is 9.87. The molecular formula is C14H27N3O4. The number of carbonyl (C=O) groups is 3. The molecule has 0 aromatic carbocycles. The number of rotatable bonds is 9. The number of urea groups is 1. The minimum Gasteiger partial charge on any atom is -0.481 e. The van der Waals surface area contributed by atoms with Crippen LogP contribution in [0.2, 0.25) is 0 Å². The van der Waals surface area contributed by atoms with Gasteiger partial charge in [0.2, 0.25) is 5.91 Å². The van der Waals surface area contributed by atoms with E-state index in [2.05, 4.69) is 5.32 Å². The van der Waals surface area contributed by atoms with Gasteiger partial charge in [-0.2, -0.15) is 0 Å². The lowest BCUT2D eigenvalue weighted by molar-refractivity contribution is -0.141. The Labute approximate surface area is 126 Å². The van der Waals surface area contributed by atoms with Crippen molar-refractivity contribution in [3.63, 3.8) is 0 Å². The van der Waals surface area contributed by atoms with E-state index in [0.29, 0.717) is 19.6 Å². The molecule has 0 aliphatic carbocycles. The van der Waals surface area contributed by atoms with Gasteiger partial charge in [0.1, 0.15) is 0 Å². The standard InChI is InChI=1S/C14H27N3O4/c1-5-16(6-2)12(18)8-9-15-14(21)17(7-3)10-11(4)13(19)20/h11H,5-10H2,1-4H3,(H,15,21)(H,19,20). The molecule has 0 aliphatic heterocycles. The average molecular weight is 301 g/mol. The molecule has 0 aliphatic rings. The molecule has 3 amide bonds. The lowest BCUT2D eigenvalue weighted by Gasteiger charge is -2.23. The smallest absolute Gasteiger partial charge is 0.317 e. The van der Waals surface area contributed by atoms with Gasteiger partial charge in [-0.05, 0) is 20.8 Å². The summed E-state index contributed by atoms with van der Waals surface area (Å²) in [4.78, 5) is 37.6. The molecule has 0 heterocycles. The van der Waals surface area contributed by atoms with Crippen molar-refractivity contribution in [1.29, 1.82) is 0 Å². The summed E-state index contributed by atoms with van der Waals surface area (Å²) in [5, 5.41) is 11.5. The second kappa shape index (κ2) is 10.0. The van der Waals surface area contributed by atoms with Gasteiger partial charge in [0.15, 0.2) is 0 Å². The van der Waals surface area contributed by atoms with E-state index < -0.39 is 11.9 Å². The summed E-state index contributed by atoms with van der Waals surface area (Å²) in [5.41, 5.74) is 0. The first-order valence-corrected chi connectivity index (χ1v) is 7.40. The van der Waals surface area contributed by atoms with Gasteiger partial charge in [-0.1, -0.05) is 6.92 Å². The number of carbonyl (C=O) groups excluding carboxylic acids is 2. The quantitative estimate of drug-likeness (QED) is 0.665. The van der Waals surface area contributed by atoms with E-state index in [9.17, 15) is 14.4 Å². The monoisotopic (exact) mass is 301 g/mol. The number of aliphatic carboxylic acids is 1. The van der Waals surface area contributed by atoms with E-state index in [1.165, 1.54) is 4.90 Å². The number of carboxylic acids is 1. The molecule has 2 N–H and O–H groups in total. The van der Waals surface area contributed by atoms with Gasteiger partial charge in [-0.15, -0.1) is 0 Å². The number of carboxylic acid groups (broad SMARTS) is 1. The fraction of sp³-hybridized carbons (Fsp3) is 0.786. The van der Waals surface area contributed by atoms with Gasteiger partial charge in [-0.25, -0.2) is 4.79 Å². The number of amides is 3. The fourth-order valence-electron chi connectivity index (χ4n) is 1.89.